The largest absolute Gasteiger partial charge is 0.477 e. The molecule has 0 aliphatic carbocycles. The molecule has 130 valence electrons. The number of nitrogens with zero attached hydrogens (tertiary/aromatic N) is 2. The summed E-state index contributed by atoms with van der Waals surface area (Å²) in [7, 11) is -3.57. The number of nitrogens with one attached hydrogen (secondary N) is 1. The van der Waals surface area contributed by atoms with Crippen LogP contribution in [0.2, 0.25) is 0 Å². The lowest BCUT2D eigenvalue weighted by Gasteiger charge is -2.13. The number of carboxylic acids is 1. The van der Waals surface area contributed by atoms with Crippen LogP contribution in [0.5, 0.6) is 0 Å². The highest BCUT2D eigenvalue weighted by molar-refractivity contribution is 7.89. The minimum Gasteiger partial charge on any atom is -0.477 e. The van der Waals surface area contributed by atoms with Gasteiger partial charge in [-0.25, -0.2) is 17.9 Å². The molecule has 0 fully saturated rings. The molecule has 0 radical (unpaired) electrons. The molecule has 1 atom stereocenters. The average Bonchev–Trinajstić information content (AvgIpc) is 2.91. The lowest BCUT2D eigenvalue weighted by Crippen LogP contribution is -2.31. The summed E-state index contributed by atoms with van der Waals surface area (Å²) in [6.07, 6.45) is 3.01. The van der Waals surface area contributed by atoms with E-state index in [1.54, 1.807) is 32.2 Å². The fourth-order valence-corrected chi connectivity index (χ4v) is 3.93. The summed E-state index contributed by atoms with van der Waals surface area (Å²) < 4.78 is 31.7. The third kappa shape index (κ3) is 4.18. The number of aromatic nitrogens is 2. The minimum absolute atomic E-state index is 0.0475. The van der Waals surface area contributed by atoms with Crippen LogP contribution in [0.4, 0.5) is 0 Å². The number of hydrogen-bond donors (Lipinski definition) is 2. The molecule has 2 aromatic rings. The Kier molecular flexibility index (Phi) is 5.35. The van der Waals surface area contributed by atoms with Crippen molar-refractivity contribution >= 4 is 16.0 Å². The first-order valence-corrected chi connectivity index (χ1v) is 8.99. The predicted octanol–water partition coefficient (Wildman–Crippen LogP) is 2.07. The second kappa shape index (κ2) is 7.10. The van der Waals surface area contributed by atoms with Gasteiger partial charge in [-0.1, -0.05) is 19.0 Å². The Balaban J connectivity index is 2.38. The van der Waals surface area contributed by atoms with Gasteiger partial charge in [-0.15, -0.1) is 0 Å². The lowest BCUT2D eigenvalue weighted by molar-refractivity contribution is 0.0694. The third-order valence-electron chi connectivity index (χ3n) is 3.17. The zero-order valence-corrected chi connectivity index (χ0v) is 14.4. The number of carboxylic acid groups (broad SMARTS) is 1. The zero-order valence-electron chi connectivity index (χ0n) is 13.6. The number of sulfonamides is 1. The molecule has 0 aliphatic rings. The maximum absolute atomic E-state index is 12.1. The van der Waals surface area contributed by atoms with E-state index in [0.717, 1.165) is 0 Å². The summed E-state index contributed by atoms with van der Waals surface area (Å²) in [5.41, 5.74) is 0.408. The van der Waals surface area contributed by atoms with Gasteiger partial charge >= 0.3 is 5.97 Å². The normalized spacial score (nSPS) is 13.2. The molecule has 2 rings (SSSR count). The highest BCUT2D eigenvalue weighted by Crippen LogP contribution is 2.29. The van der Waals surface area contributed by atoms with Crippen LogP contribution in [0.25, 0.3) is 11.3 Å². The van der Waals surface area contributed by atoms with Crippen molar-refractivity contribution in [3.05, 3.63) is 35.9 Å². The maximum Gasteiger partial charge on any atom is 0.341 e. The van der Waals surface area contributed by atoms with E-state index in [9.17, 15) is 18.3 Å². The van der Waals surface area contributed by atoms with Gasteiger partial charge in [0.05, 0.1) is 11.8 Å². The van der Waals surface area contributed by atoms with Gasteiger partial charge in [0.1, 0.15) is 11.3 Å². The van der Waals surface area contributed by atoms with Crippen LogP contribution < -0.4 is 4.72 Å². The second-order valence-corrected chi connectivity index (χ2v) is 7.63. The van der Waals surface area contributed by atoms with Crippen molar-refractivity contribution in [1.29, 1.82) is 0 Å². The molecule has 8 nitrogen and oxygen atoms in total. The molecule has 0 aliphatic heterocycles. The second-order valence-electron chi connectivity index (χ2n) is 5.83. The van der Waals surface area contributed by atoms with Crippen molar-refractivity contribution < 1.29 is 22.8 Å². The van der Waals surface area contributed by atoms with E-state index in [2.05, 4.69) is 14.9 Å². The molecule has 0 saturated carbocycles. The molecule has 0 aromatic carbocycles. The van der Waals surface area contributed by atoms with Gasteiger partial charge in [-0.2, -0.15) is 0 Å². The Bertz CT molecular complexity index is 815. The Morgan fingerprint density at radius 3 is 2.62 bits per heavy atom. The minimum atomic E-state index is -3.57. The predicted molar refractivity (Wildman–Crippen MR) is 86.9 cm³/mol. The van der Waals surface area contributed by atoms with Crippen molar-refractivity contribution in [1.82, 2.24) is 14.9 Å². The Morgan fingerprint density at radius 1 is 1.38 bits per heavy atom. The SMILES string of the molecule is CC(C)CS(=O)(=O)NC(C)c1onc(-c2cccnc2)c1C(=O)O. The van der Waals surface area contributed by atoms with Crippen LogP contribution in [-0.4, -0.2) is 35.4 Å². The van der Waals surface area contributed by atoms with Gasteiger partial charge in [-0.3, -0.25) is 4.98 Å². The molecule has 2 heterocycles. The van der Waals surface area contributed by atoms with Gasteiger partial charge in [0.2, 0.25) is 10.0 Å². The van der Waals surface area contributed by atoms with Crippen molar-refractivity contribution in [2.45, 2.75) is 26.8 Å². The van der Waals surface area contributed by atoms with Crippen molar-refractivity contribution in [2.24, 2.45) is 5.92 Å². The van der Waals surface area contributed by atoms with E-state index in [0.29, 0.717) is 5.56 Å². The van der Waals surface area contributed by atoms with Crippen LogP contribution in [0.15, 0.2) is 29.0 Å². The monoisotopic (exact) mass is 353 g/mol. The zero-order chi connectivity index (χ0) is 17.9. The average molecular weight is 353 g/mol. The van der Waals surface area contributed by atoms with Crippen LogP contribution in [0.3, 0.4) is 0 Å². The van der Waals surface area contributed by atoms with E-state index in [1.165, 1.54) is 13.1 Å². The smallest absolute Gasteiger partial charge is 0.341 e. The summed E-state index contributed by atoms with van der Waals surface area (Å²) in [5, 5.41) is 13.3. The summed E-state index contributed by atoms with van der Waals surface area (Å²) in [6.45, 7) is 5.07. The molecule has 0 spiro atoms. The van der Waals surface area contributed by atoms with Crippen molar-refractivity contribution in [2.75, 3.05) is 5.75 Å². The fraction of sp³-hybridized carbons (Fsp3) is 0.400. The van der Waals surface area contributed by atoms with Gasteiger partial charge < -0.3 is 9.63 Å². The van der Waals surface area contributed by atoms with E-state index in [4.69, 9.17) is 4.52 Å². The number of aromatic carboxylic acids is 1. The van der Waals surface area contributed by atoms with Gasteiger partial charge in [0, 0.05) is 18.0 Å². The summed E-state index contributed by atoms with van der Waals surface area (Å²) in [6, 6.07) is 2.43. The molecular formula is C15H19N3O5S. The first-order chi connectivity index (χ1) is 11.2. The van der Waals surface area contributed by atoms with E-state index in [-0.39, 0.29) is 28.7 Å². The number of pyridine rings is 1. The Morgan fingerprint density at radius 2 is 2.08 bits per heavy atom. The molecule has 0 amide bonds. The van der Waals surface area contributed by atoms with E-state index < -0.39 is 22.0 Å². The fourth-order valence-electron chi connectivity index (χ4n) is 2.31. The van der Waals surface area contributed by atoms with E-state index >= 15 is 0 Å². The Hall–Kier alpha value is -2.26. The summed E-state index contributed by atoms with van der Waals surface area (Å²) in [5.74, 6) is -1.42. The van der Waals surface area contributed by atoms with Crippen LogP contribution in [0, 0.1) is 5.92 Å². The molecule has 2 N–H and O–H groups in total. The highest BCUT2D eigenvalue weighted by atomic mass is 32.2. The summed E-state index contributed by atoms with van der Waals surface area (Å²) in [4.78, 5) is 15.5. The first-order valence-electron chi connectivity index (χ1n) is 7.34. The summed E-state index contributed by atoms with van der Waals surface area (Å²) >= 11 is 0. The van der Waals surface area contributed by atoms with E-state index in [1.807, 2.05) is 0 Å². The van der Waals surface area contributed by atoms with Crippen LogP contribution >= 0.6 is 0 Å². The highest BCUT2D eigenvalue weighted by Gasteiger charge is 2.29. The molecule has 2 aromatic heterocycles. The van der Waals surface area contributed by atoms with Crippen LogP contribution in [0.1, 0.15) is 42.9 Å². The first kappa shape index (κ1) is 18.1. The maximum atomic E-state index is 12.1. The Labute approximate surface area is 139 Å². The number of rotatable bonds is 7. The third-order valence-corrected chi connectivity index (χ3v) is 4.99. The van der Waals surface area contributed by atoms with Crippen molar-refractivity contribution in [3.8, 4) is 11.3 Å². The van der Waals surface area contributed by atoms with Gasteiger partial charge in [0.15, 0.2) is 5.76 Å². The van der Waals surface area contributed by atoms with Crippen LogP contribution in [-0.2, 0) is 10.0 Å². The van der Waals surface area contributed by atoms with Crippen molar-refractivity contribution in [3.63, 3.8) is 0 Å². The molecule has 0 bridgehead atoms. The lowest BCUT2D eigenvalue weighted by atomic mass is 10.1. The standard InChI is InChI=1S/C15H19N3O5S/c1-9(2)8-24(21,22)18-10(3)14-12(15(19)20)13(17-23-14)11-5-4-6-16-7-11/h4-7,9-10,18H,8H2,1-3H3,(H,19,20). The quantitative estimate of drug-likeness (QED) is 0.781. The van der Waals surface area contributed by atoms with Gasteiger partial charge in [0.25, 0.3) is 0 Å². The van der Waals surface area contributed by atoms with Gasteiger partial charge in [-0.05, 0) is 25.0 Å². The topological polar surface area (TPSA) is 122 Å². The molecule has 0 saturated heterocycles. The molecular weight excluding hydrogens is 334 g/mol. The molecule has 9 heteroatoms. The number of hydrogen-bond acceptors (Lipinski definition) is 6. The molecule has 24 heavy (non-hydrogen) atoms. The number of carbonyl (C=O) groups is 1. The molecule has 1 unspecified atom stereocenters.